The maximum absolute atomic E-state index is 11.3. The minimum atomic E-state index is -0.519. The Balaban J connectivity index is 3.10. The number of nitrogens with two attached hydrogens (primary N) is 1. The Kier molecular flexibility index (Phi) is 4.01. The SMILES string of the molecule is COC(=O)c1cc(C#CCS)cnc1N. The summed E-state index contributed by atoms with van der Waals surface area (Å²) >= 11 is 3.95. The highest BCUT2D eigenvalue weighted by molar-refractivity contribution is 7.80. The van der Waals surface area contributed by atoms with E-state index in [-0.39, 0.29) is 11.4 Å². The van der Waals surface area contributed by atoms with Gasteiger partial charge in [0.15, 0.2) is 0 Å². The van der Waals surface area contributed by atoms with Gasteiger partial charge in [0.05, 0.1) is 12.9 Å². The van der Waals surface area contributed by atoms with Crippen molar-refractivity contribution in [1.29, 1.82) is 0 Å². The third-order valence-electron chi connectivity index (χ3n) is 1.64. The van der Waals surface area contributed by atoms with Crippen LogP contribution in [0.3, 0.4) is 0 Å². The number of hydrogen-bond donors (Lipinski definition) is 2. The lowest BCUT2D eigenvalue weighted by molar-refractivity contribution is 0.0601. The van der Waals surface area contributed by atoms with Gasteiger partial charge in [-0.2, -0.15) is 12.6 Å². The smallest absolute Gasteiger partial charge is 0.341 e. The number of aromatic nitrogens is 1. The molecule has 4 nitrogen and oxygen atoms in total. The van der Waals surface area contributed by atoms with Crippen LogP contribution < -0.4 is 5.73 Å². The molecule has 2 N–H and O–H groups in total. The van der Waals surface area contributed by atoms with E-state index in [1.165, 1.54) is 13.3 Å². The number of carbonyl (C=O) groups excluding carboxylic acids is 1. The normalized spacial score (nSPS) is 8.93. The highest BCUT2D eigenvalue weighted by atomic mass is 32.1. The number of thiol groups is 1. The fraction of sp³-hybridized carbons (Fsp3) is 0.200. The molecular formula is C10H10N2O2S. The molecule has 78 valence electrons. The fourth-order valence-corrected chi connectivity index (χ4v) is 1.04. The summed E-state index contributed by atoms with van der Waals surface area (Å²) in [6.07, 6.45) is 1.50. The van der Waals surface area contributed by atoms with Gasteiger partial charge >= 0.3 is 5.97 Å². The van der Waals surface area contributed by atoms with Crippen LogP contribution in [0.1, 0.15) is 15.9 Å². The maximum Gasteiger partial charge on any atom is 0.341 e. The Morgan fingerprint density at radius 3 is 3.07 bits per heavy atom. The van der Waals surface area contributed by atoms with Crippen LogP contribution in [0, 0.1) is 11.8 Å². The molecule has 0 aliphatic carbocycles. The first kappa shape index (κ1) is 11.4. The highest BCUT2D eigenvalue weighted by Crippen LogP contribution is 2.11. The molecule has 5 heteroatoms. The predicted octanol–water partition coefficient (Wildman–Crippen LogP) is 0.732. The second kappa shape index (κ2) is 5.27. The number of carbonyl (C=O) groups is 1. The molecule has 0 aliphatic rings. The lowest BCUT2D eigenvalue weighted by Gasteiger charge is -2.02. The van der Waals surface area contributed by atoms with E-state index in [0.29, 0.717) is 11.3 Å². The molecule has 0 saturated heterocycles. The molecule has 0 aliphatic heterocycles. The summed E-state index contributed by atoms with van der Waals surface area (Å²) in [4.78, 5) is 15.1. The van der Waals surface area contributed by atoms with Gasteiger partial charge in [0.2, 0.25) is 0 Å². The van der Waals surface area contributed by atoms with Crippen molar-refractivity contribution in [1.82, 2.24) is 4.98 Å². The van der Waals surface area contributed by atoms with Crippen molar-refractivity contribution < 1.29 is 9.53 Å². The van der Waals surface area contributed by atoms with E-state index in [1.54, 1.807) is 6.07 Å². The zero-order valence-corrected chi connectivity index (χ0v) is 9.04. The van der Waals surface area contributed by atoms with E-state index in [0.717, 1.165) is 0 Å². The number of esters is 1. The summed E-state index contributed by atoms with van der Waals surface area (Å²) in [5, 5.41) is 0. The zero-order valence-electron chi connectivity index (χ0n) is 8.15. The maximum atomic E-state index is 11.3. The molecule has 0 spiro atoms. The van der Waals surface area contributed by atoms with Gasteiger partial charge in [0.25, 0.3) is 0 Å². The highest BCUT2D eigenvalue weighted by Gasteiger charge is 2.10. The van der Waals surface area contributed by atoms with Crippen LogP contribution in [0.25, 0.3) is 0 Å². The van der Waals surface area contributed by atoms with Crippen molar-refractivity contribution in [3.63, 3.8) is 0 Å². The molecule has 1 heterocycles. The Bertz CT molecular complexity index is 435. The monoisotopic (exact) mass is 222 g/mol. The van der Waals surface area contributed by atoms with Crippen LogP contribution in [-0.2, 0) is 4.74 Å². The molecule has 0 amide bonds. The van der Waals surface area contributed by atoms with Crippen LogP contribution in [0.2, 0.25) is 0 Å². The molecule has 1 aromatic rings. The minimum absolute atomic E-state index is 0.137. The molecule has 0 bridgehead atoms. The largest absolute Gasteiger partial charge is 0.465 e. The van der Waals surface area contributed by atoms with Gasteiger partial charge in [0.1, 0.15) is 11.4 Å². The predicted molar refractivity (Wildman–Crippen MR) is 60.7 cm³/mol. The summed E-state index contributed by atoms with van der Waals surface area (Å²) in [5.74, 6) is 5.60. The van der Waals surface area contributed by atoms with E-state index in [4.69, 9.17) is 5.73 Å². The van der Waals surface area contributed by atoms with Gasteiger partial charge < -0.3 is 10.5 Å². The Morgan fingerprint density at radius 2 is 2.47 bits per heavy atom. The van der Waals surface area contributed by atoms with Crippen LogP contribution in [-0.4, -0.2) is 23.8 Å². The molecule has 0 saturated carbocycles. The van der Waals surface area contributed by atoms with Crippen molar-refractivity contribution in [3.8, 4) is 11.8 Å². The second-order valence-corrected chi connectivity index (χ2v) is 2.92. The van der Waals surface area contributed by atoms with E-state index in [2.05, 4.69) is 34.2 Å². The second-order valence-electron chi connectivity index (χ2n) is 2.61. The van der Waals surface area contributed by atoms with E-state index < -0.39 is 5.97 Å². The van der Waals surface area contributed by atoms with Crippen molar-refractivity contribution in [2.45, 2.75) is 0 Å². The molecule has 1 aromatic heterocycles. The van der Waals surface area contributed by atoms with Crippen molar-refractivity contribution in [3.05, 3.63) is 23.4 Å². The number of ether oxygens (including phenoxy) is 1. The number of nitrogens with zero attached hydrogens (tertiary/aromatic N) is 1. The van der Waals surface area contributed by atoms with Crippen LogP contribution >= 0.6 is 12.6 Å². The molecule has 0 atom stereocenters. The Hall–Kier alpha value is -1.67. The molecule has 1 rings (SSSR count). The molecule has 0 fully saturated rings. The van der Waals surface area contributed by atoms with Gasteiger partial charge in [-0.3, -0.25) is 0 Å². The summed E-state index contributed by atoms with van der Waals surface area (Å²) in [7, 11) is 1.29. The van der Waals surface area contributed by atoms with E-state index in [1.807, 2.05) is 0 Å². The average molecular weight is 222 g/mol. The molecule has 0 unspecified atom stereocenters. The first-order valence-corrected chi connectivity index (χ1v) is 4.76. The average Bonchev–Trinajstić information content (AvgIpc) is 2.27. The zero-order chi connectivity index (χ0) is 11.3. The molecule has 0 radical (unpaired) electrons. The van der Waals surface area contributed by atoms with Gasteiger partial charge in [-0.05, 0) is 6.07 Å². The van der Waals surface area contributed by atoms with Crippen LogP contribution in [0.15, 0.2) is 12.3 Å². The van der Waals surface area contributed by atoms with E-state index >= 15 is 0 Å². The molecule has 15 heavy (non-hydrogen) atoms. The number of hydrogen-bond acceptors (Lipinski definition) is 5. The quantitative estimate of drug-likeness (QED) is 0.418. The topological polar surface area (TPSA) is 65.2 Å². The fourth-order valence-electron chi connectivity index (χ4n) is 0.959. The number of rotatable bonds is 1. The Labute approximate surface area is 93.2 Å². The third kappa shape index (κ3) is 2.89. The number of anilines is 1. The summed E-state index contributed by atoms with van der Waals surface area (Å²) in [6.45, 7) is 0. The molecule has 0 aromatic carbocycles. The third-order valence-corrected chi connectivity index (χ3v) is 1.79. The number of methoxy groups -OCH3 is 1. The first-order chi connectivity index (χ1) is 7.19. The van der Waals surface area contributed by atoms with Crippen molar-refractivity contribution in [2.24, 2.45) is 0 Å². The van der Waals surface area contributed by atoms with Crippen molar-refractivity contribution >= 4 is 24.4 Å². The van der Waals surface area contributed by atoms with Crippen LogP contribution in [0.5, 0.6) is 0 Å². The van der Waals surface area contributed by atoms with Gasteiger partial charge in [-0.15, -0.1) is 0 Å². The first-order valence-electron chi connectivity index (χ1n) is 4.12. The lowest BCUT2D eigenvalue weighted by atomic mass is 10.2. The van der Waals surface area contributed by atoms with Crippen molar-refractivity contribution in [2.75, 3.05) is 18.6 Å². The minimum Gasteiger partial charge on any atom is -0.465 e. The van der Waals surface area contributed by atoms with Gasteiger partial charge in [-0.1, -0.05) is 11.8 Å². The summed E-state index contributed by atoms with van der Waals surface area (Å²) in [5.41, 5.74) is 6.35. The summed E-state index contributed by atoms with van der Waals surface area (Å²) < 4.78 is 4.55. The van der Waals surface area contributed by atoms with Gasteiger partial charge in [-0.25, -0.2) is 9.78 Å². The lowest BCUT2D eigenvalue weighted by Crippen LogP contribution is -2.07. The van der Waals surface area contributed by atoms with E-state index in [9.17, 15) is 4.79 Å². The molecular weight excluding hydrogens is 212 g/mol. The van der Waals surface area contributed by atoms with Crippen LogP contribution in [0.4, 0.5) is 5.82 Å². The summed E-state index contributed by atoms with van der Waals surface area (Å²) in [6, 6.07) is 1.55. The van der Waals surface area contributed by atoms with Gasteiger partial charge in [0, 0.05) is 11.8 Å². The number of nitrogen functional groups attached to an aromatic ring is 1. The number of pyridine rings is 1. The Morgan fingerprint density at radius 1 is 1.73 bits per heavy atom. The standard InChI is InChI=1S/C10H10N2O2S/c1-14-10(13)8-5-7(3-2-4-15)6-12-9(8)11/h5-6,15H,4H2,1H3,(H2,11,12).